The summed E-state index contributed by atoms with van der Waals surface area (Å²) in [6.07, 6.45) is 4.54. The molecule has 2 fully saturated rings. The predicted molar refractivity (Wildman–Crippen MR) is 71.4 cm³/mol. The fourth-order valence-electron chi connectivity index (χ4n) is 2.86. The van der Waals surface area contributed by atoms with Crippen LogP contribution in [0.1, 0.15) is 48.5 Å². The van der Waals surface area contributed by atoms with E-state index in [1.54, 1.807) is 11.3 Å². The highest BCUT2D eigenvalue weighted by Gasteiger charge is 2.26. The molecule has 2 aliphatic heterocycles. The van der Waals surface area contributed by atoms with Crippen LogP contribution >= 0.6 is 11.3 Å². The summed E-state index contributed by atoms with van der Waals surface area (Å²) in [5, 5.41) is 17.8. The molecule has 0 radical (unpaired) electrons. The molecule has 1 unspecified atom stereocenters. The second-order valence-corrected chi connectivity index (χ2v) is 6.21. The summed E-state index contributed by atoms with van der Waals surface area (Å²) in [4.78, 5) is 0.902. The molecule has 4 heterocycles. The second-order valence-electron chi connectivity index (χ2n) is 5.22. The van der Waals surface area contributed by atoms with Gasteiger partial charge in [-0.1, -0.05) is 11.3 Å². The number of nitrogens with one attached hydrogen (secondary N) is 1. The maximum atomic E-state index is 5.69. The van der Waals surface area contributed by atoms with Crippen molar-refractivity contribution in [1.29, 1.82) is 0 Å². The zero-order chi connectivity index (χ0) is 12.7. The van der Waals surface area contributed by atoms with Crippen molar-refractivity contribution in [2.24, 2.45) is 0 Å². The number of piperidine rings is 1. The van der Waals surface area contributed by atoms with Gasteiger partial charge >= 0.3 is 0 Å². The number of aromatic nitrogens is 4. The van der Waals surface area contributed by atoms with Crippen LogP contribution in [0, 0.1) is 0 Å². The Labute approximate surface area is 115 Å². The molecule has 19 heavy (non-hydrogen) atoms. The Kier molecular flexibility index (Phi) is 2.97. The van der Waals surface area contributed by atoms with Gasteiger partial charge in [-0.15, -0.1) is 10.2 Å². The normalized spacial score (nSPS) is 25.4. The van der Waals surface area contributed by atoms with Gasteiger partial charge in [0.05, 0.1) is 0 Å². The van der Waals surface area contributed by atoms with Crippen LogP contribution in [-0.2, 0) is 4.74 Å². The van der Waals surface area contributed by atoms with Crippen molar-refractivity contribution in [3.63, 3.8) is 0 Å². The Morgan fingerprint density at radius 2 is 2.11 bits per heavy atom. The van der Waals surface area contributed by atoms with Crippen LogP contribution in [-0.4, -0.2) is 39.5 Å². The van der Waals surface area contributed by atoms with Crippen molar-refractivity contribution in [3.05, 3.63) is 10.8 Å². The van der Waals surface area contributed by atoms with Crippen molar-refractivity contribution in [1.82, 2.24) is 25.1 Å². The molecule has 102 valence electrons. The molecule has 0 saturated carbocycles. The van der Waals surface area contributed by atoms with Gasteiger partial charge in [0.1, 0.15) is 11.1 Å². The summed E-state index contributed by atoms with van der Waals surface area (Å²) >= 11 is 1.68. The molecule has 2 aromatic rings. The summed E-state index contributed by atoms with van der Waals surface area (Å²) in [5.41, 5.74) is 0. The molecule has 6 nitrogen and oxygen atoms in total. The Morgan fingerprint density at radius 3 is 2.89 bits per heavy atom. The molecule has 1 N–H and O–H groups in total. The van der Waals surface area contributed by atoms with Crippen LogP contribution in [0.3, 0.4) is 0 Å². The van der Waals surface area contributed by atoms with Gasteiger partial charge in [0, 0.05) is 12.5 Å². The van der Waals surface area contributed by atoms with E-state index in [-0.39, 0.29) is 6.10 Å². The number of hydrogen-bond acceptors (Lipinski definition) is 6. The average Bonchev–Trinajstić information content (AvgIpc) is 3.15. The number of ether oxygens (including phenoxy) is 1. The zero-order valence-electron chi connectivity index (χ0n) is 10.7. The maximum absolute atomic E-state index is 5.69. The molecule has 0 amide bonds. The molecule has 0 aromatic carbocycles. The van der Waals surface area contributed by atoms with Crippen molar-refractivity contribution in [3.8, 4) is 0 Å². The molecule has 7 heteroatoms. The number of rotatable bonds is 2. The Morgan fingerprint density at radius 1 is 1.21 bits per heavy atom. The number of fused-ring (bicyclic) bond motifs is 1. The van der Waals surface area contributed by atoms with E-state index >= 15 is 0 Å². The van der Waals surface area contributed by atoms with E-state index in [1.807, 2.05) is 4.52 Å². The van der Waals surface area contributed by atoms with E-state index < -0.39 is 0 Å². The van der Waals surface area contributed by atoms with Crippen molar-refractivity contribution < 1.29 is 4.74 Å². The molecule has 0 aliphatic carbocycles. The van der Waals surface area contributed by atoms with Gasteiger partial charge in [-0.3, -0.25) is 0 Å². The first-order valence-corrected chi connectivity index (χ1v) is 7.78. The van der Waals surface area contributed by atoms with E-state index in [9.17, 15) is 0 Å². The highest BCUT2D eigenvalue weighted by molar-refractivity contribution is 7.16. The maximum Gasteiger partial charge on any atom is 0.234 e. The molecular weight excluding hydrogens is 262 g/mol. The first-order chi connectivity index (χ1) is 9.42. The minimum absolute atomic E-state index is 0.0815. The lowest BCUT2D eigenvalue weighted by molar-refractivity contribution is 0.103. The van der Waals surface area contributed by atoms with Crippen LogP contribution in [0.4, 0.5) is 0 Å². The van der Waals surface area contributed by atoms with Crippen molar-refractivity contribution in [2.75, 3.05) is 19.7 Å². The SMILES string of the molecule is C1COC(c2nnc3sc(C4CCNCC4)nn23)C1. The lowest BCUT2D eigenvalue weighted by atomic mass is 9.99. The van der Waals surface area contributed by atoms with Gasteiger partial charge < -0.3 is 10.1 Å². The van der Waals surface area contributed by atoms with Crippen molar-refractivity contribution >= 4 is 16.3 Å². The summed E-state index contributed by atoms with van der Waals surface area (Å²) in [7, 11) is 0. The highest BCUT2D eigenvalue weighted by atomic mass is 32.1. The largest absolute Gasteiger partial charge is 0.370 e. The molecule has 0 bridgehead atoms. The van der Waals surface area contributed by atoms with Gasteiger partial charge in [0.2, 0.25) is 4.96 Å². The van der Waals surface area contributed by atoms with Gasteiger partial charge in [0.15, 0.2) is 5.82 Å². The molecular formula is C12H17N5OS. The Hall–Kier alpha value is -1.05. The van der Waals surface area contributed by atoms with Gasteiger partial charge in [-0.25, -0.2) is 0 Å². The average molecular weight is 279 g/mol. The van der Waals surface area contributed by atoms with Gasteiger partial charge in [0.25, 0.3) is 0 Å². The minimum Gasteiger partial charge on any atom is -0.370 e. The fraction of sp³-hybridized carbons (Fsp3) is 0.750. The first-order valence-electron chi connectivity index (χ1n) is 6.96. The topological polar surface area (TPSA) is 64.3 Å². The minimum atomic E-state index is 0.0815. The predicted octanol–water partition coefficient (Wildman–Crippen LogP) is 1.50. The monoisotopic (exact) mass is 279 g/mol. The standard InChI is InChI=1S/C12H17N5OS/c1-2-9(18-7-1)10-14-15-12-17(10)16-11(19-12)8-3-5-13-6-4-8/h8-9,13H,1-7H2. The molecule has 2 aliphatic rings. The molecule has 2 aromatic heterocycles. The second kappa shape index (κ2) is 4.81. The van der Waals surface area contributed by atoms with Crippen LogP contribution in [0.25, 0.3) is 4.96 Å². The van der Waals surface area contributed by atoms with Crippen LogP contribution in [0.5, 0.6) is 0 Å². The quantitative estimate of drug-likeness (QED) is 0.902. The third-order valence-electron chi connectivity index (χ3n) is 3.94. The summed E-state index contributed by atoms with van der Waals surface area (Å²) < 4.78 is 7.59. The highest BCUT2D eigenvalue weighted by Crippen LogP contribution is 2.32. The van der Waals surface area contributed by atoms with Gasteiger partial charge in [-0.05, 0) is 38.8 Å². The van der Waals surface area contributed by atoms with E-state index in [1.165, 1.54) is 17.8 Å². The van der Waals surface area contributed by atoms with Crippen LogP contribution < -0.4 is 5.32 Å². The third-order valence-corrected chi connectivity index (χ3v) is 5.00. The van der Waals surface area contributed by atoms with Crippen LogP contribution in [0.2, 0.25) is 0 Å². The lowest BCUT2D eigenvalue weighted by Crippen LogP contribution is -2.26. The molecule has 4 rings (SSSR count). The Balaban J connectivity index is 1.67. The summed E-state index contributed by atoms with van der Waals surface area (Å²) in [5.74, 6) is 1.45. The third kappa shape index (κ3) is 2.05. The van der Waals surface area contributed by atoms with E-state index in [0.717, 1.165) is 43.3 Å². The summed E-state index contributed by atoms with van der Waals surface area (Å²) in [6.45, 7) is 3.00. The van der Waals surface area contributed by atoms with E-state index in [2.05, 4.69) is 15.5 Å². The Bertz CT molecular complexity index is 568. The first kappa shape index (κ1) is 11.7. The number of hydrogen-bond donors (Lipinski definition) is 1. The molecule has 1 atom stereocenters. The van der Waals surface area contributed by atoms with Gasteiger partial charge in [-0.2, -0.15) is 9.61 Å². The fourth-order valence-corrected chi connectivity index (χ4v) is 3.88. The molecule has 2 saturated heterocycles. The van der Waals surface area contributed by atoms with Crippen LogP contribution in [0.15, 0.2) is 0 Å². The summed E-state index contributed by atoms with van der Waals surface area (Å²) in [6, 6.07) is 0. The lowest BCUT2D eigenvalue weighted by Gasteiger charge is -2.19. The smallest absolute Gasteiger partial charge is 0.234 e. The molecule has 0 spiro atoms. The van der Waals surface area contributed by atoms with E-state index in [0.29, 0.717) is 5.92 Å². The van der Waals surface area contributed by atoms with Crippen molar-refractivity contribution in [2.45, 2.75) is 37.7 Å². The van der Waals surface area contributed by atoms with E-state index in [4.69, 9.17) is 9.84 Å². The zero-order valence-corrected chi connectivity index (χ0v) is 11.5. The number of nitrogens with zero attached hydrogens (tertiary/aromatic N) is 4.